The van der Waals surface area contributed by atoms with Crippen molar-refractivity contribution < 1.29 is 0 Å². The number of rotatable bonds is 3. The van der Waals surface area contributed by atoms with Crippen LogP contribution in [0.25, 0.3) is 22.7 Å². The minimum Gasteiger partial charge on any atom is -0.310 e. The topological polar surface area (TPSA) is 4.93 Å². The molecule has 0 unspecified atom stereocenters. The molecule has 3 aromatic rings. The monoisotopic (exact) mass is 301 g/mol. The normalized spacial score (nSPS) is 11.9. The standard InChI is InChI=1S/C22H23N/c1-15(2)17(4)14-22-18(5)20-13-16(3)11-12-21(20)23(22)19-9-7-6-8-10-19/h6-14H,1H2,2-5H3/b17-14-. The zero-order valence-electron chi connectivity index (χ0n) is 14.4. The Morgan fingerprint density at radius 2 is 1.70 bits per heavy atom. The van der Waals surface area contributed by atoms with Crippen LogP contribution in [0.2, 0.25) is 0 Å². The van der Waals surface area contributed by atoms with Crippen LogP contribution in [-0.4, -0.2) is 4.57 Å². The molecule has 1 heterocycles. The smallest absolute Gasteiger partial charge is 0.0537 e. The first-order valence-corrected chi connectivity index (χ1v) is 8.00. The Labute approximate surface area is 138 Å². The SMILES string of the molecule is C=C(C)/C(C)=C\c1c(C)c2cc(C)ccc2n1-c1ccccc1. The van der Waals surface area contributed by atoms with Crippen LogP contribution >= 0.6 is 0 Å². The first kappa shape index (κ1) is 15.4. The fraction of sp³-hybridized carbons (Fsp3) is 0.182. The highest BCUT2D eigenvalue weighted by Crippen LogP contribution is 2.31. The van der Waals surface area contributed by atoms with Crippen molar-refractivity contribution in [2.24, 2.45) is 0 Å². The van der Waals surface area contributed by atoms with Gasteiger partial charge in [0.2, 0.25) is 0 Å². The maximum Gasteiger partial charge on any atom is 0.0537 e. The third-order valence-corrected chi connectivity index (χ3v) is 4.46. The molecular weight excluding hydrogens is 278 g/mol. The second-order valence-electron chi connectivity index (χ2n) is 6.31. The van der Waals surface area contributed by atoms with Gasteiger partial charge in [0.15, 0.2) is 0 Å². The lowest BCUT2D eigenvalue weighted by molar-refractivity contribution is 1.09. The number of aryl methyl sites for hydroxylation is 2. The van der Waals surface area contributed by atoms with Gasteiger partial charge >= 0.3 is 0 Å². The molecule has 0 fully saturated rings. The van der Waals surface area contributed by atoms with Crippen LogP contribution in [0.3, 0.4) is 0 Å². The second-order valence-corrected chi connectivity index (χ2v) is 6.31. The molecule has 0 N–H and O–H groups in total. The van der Waals surface area contributed by atoms with E-state index in [-0.39, 0.29) is 0 Å². The molecule has 116 valence electrons. The predicted octanol–water partition coefficient (Wildman–Crippen LogP) is 6.23. The summed E-state index contributed by atoms with van der Waals surface area (Å²) < 4.78 is 2.34. The molecule has 0 saturated heterocycles. The molecule has 0 amide bonds. The van der Waals surface area contributed by atoms with E-state index in [0.29, 0.717) is 0 Å². The number of fused-ring (bicyclic) bond motifs is 1. The summed E-state index contributed by atoms with van der Waals surface area (Å²) in [4.78, 5) is 0. The minimum absolute atomic E-state index is 1.10. The van der Waals surface area contributed by atoms with E-state index in [2.05, 4.69) is 93.4 Å². The summed E-state index contributed by atoms with van der Waals surface area (Å²) >= 11 is 0. The van der Waals surface area contributed by atoms with Gasteiger partial charge in [-0.2, -0.15) is 0 Å². The average Bonchev–Trinajstić information content (AvgIpc) is 2.80. The van der Waals surface area contributed by atoms with Gasteiger partial charge in [-0.15, -0.1) is 0 Å². The number of allylic oxidation sites excluding steroid dienone is 2. The van der Waals surface area contributed by atoms with Crippen molar-refractivity contribution in [2.45, 2.75) is 27.7 Å². The summed E-state index contributed by atoms with van der Waals surface area (Å²) in [6, 6.07) is 17.2. The Kier molecular flexibility index (Phi) is 3.96. The fourth-order valence-electron chi connectivity index (χ4n) is 2.94. The van der Waals surface area contributed by atoms with Gasteiger partial charge in [-0.3, -0.25) is 0 Å². The number of hydrogen-bond acceptors (Lipinski definition) is 0. The maximum absolute atomic E-state index is 4.07. The van der Waals surface area contributed by atoms with E-state index in [1.165, 1.54) is 39.0 Å². The van der Waals surface area contributed by atoms with Gasteiger partial charge in [-0.05, 0) is 69.2 Å². The first-order chi connectivity index (χ1) is 11.0. The Balaban J connectivity index is 2.40. The molecule has 3 rings (SSSR count). The van der Waals surface area contributed by atoms with Crippen molar-refractivity contribution in [3.05, 3.63) is 83.1 Å². The van der Waals surface area contributed by atoms with E-state index in [4.69, 9.17) is 0 Å². The number of benzene rings is 2. The molecule has 0 atom stereocenters. The molecule has 0 radical (unpaired) electrons. The Bertz CT molecular complexity index is 908. The van der Waals surface area contributed by atoms with Gasteiger partial charge in [0.1, 0.15) is 0 Å². The van der Waals surface area contributed by atoms with Gasteiger partial charge < -0.3 is 4.57 Å². The van der Waals surface area contributed by atoms with E-state index < -0.39 is 0 Å². The first-order valence-electron chi connectivity index (χ1n) is 8.00. The molecular formula is C22H23N. The third-order valence-electron chi connectivity index (χ3n) is 4.46. The summed E-state index contributed by atoms with van der Waals surface area (Å²) in [6.45, 7) is 12.6. The van der Waals surface area contributed by atoms with Gasteiger partial charge in [0, 0.05) is 11.1 Å². The van der Waals surface area contributed by atoms with E-state index in [0.717, 1.165) is 5.57 Å². The van der Waals surface area contributed by atoms with E-state index in [1.807, 2.05) is 0 Å². The Hall–Kier alpha value is -2.54. The number of para-hydroxylation sites is 1. The summed E-state index contributed by atoms with van der Waals surface area (Å²) in [5.41, 5.74) is 8.59. The van der Waals surface area contributed by atoms with Gasteiger partial charge in [-0.1, -0.05) is 42.0 Å². The lowest BCUT2D eigenvalue weighted by atomic mass is 10.1. The molecule has 1 nitrogen and oxygen atoms in total. The molecule has 1 heteroatoms. The van der Waals surface area contributed by atoms with Crippen molar-refractivity contribution >= 4 is 17.0 Å². The quantitative estimate of drug-likeness (QED) is 0.506. The lowest BCUT2D eigenvalue weighted by Gasteiger charge is -2.10. The number of nitrogens with zero attached hydrogens (tertiary/aromatic N) is 1. The van der Waals surface area contributed by atoms with Crippen molar-refractivity contribution in [1.29, 1.82) is 0 Å². The van der Waals surface area contributed by atoms with E-state index >= 15 is 0 Å². The largest absolute Gasteiger partial charge is 0.310 e. The highest BCUT2D eigenvalue weighted by molar-refractivity contribution is 5.90. The van der Waals surface area contributed by atoms with Crippen LogP contribution in [-0.2, 0) is 0 Å². The summed E-state index contributed by atoms with van der Waals surface area (Å²) in [7, 11) is 0. The van der Waals surface area contributed by atoms with Crippen molar-refractivity contribution in [2.75, 3.05) is 0 Å². The highest BCUT2D eigenvalue weighted by atomic mass is 15.0. The molecule has 0 bridgehead atoms. The van der Waals surface area contributed by atoms with Crippen LogP contribution in [0, 0.1) is 13.8 Å². The predicted molar refractivity (Wildman–Crippen MR) is 101 cm³/mol. The molecule has 0 spiro atoms. The lowest BCUT2D eigenvalue weighted by Crippen LogP contribution is -1.97. The molecule has 1 aromatic heterocycles. The molecule has 0 aliphatic carbocycles. The minimum atomic E-state index is 1.10. The van der Waals surface area contributed by atoms with Crippen LogP contribution < -0.4 is 0 Å². The number of aromatic nitrogens is 1. The van der Waals surface area contributed by atoms with Gasteiger partial charge in [0.05, 0.1) is 11.2 Å². The molecule has 0 aliphatic heterocycles. The fourth-order valence-corrected chi connectivity index (χ4v) is 2.94. The Morgan fingerprint density at radius 1 is 1.00 bits per heavy atom. The van der Waals surface area contributed by atoms with Gasteiger partial charge in [0.25, 0.3) is 0 Å². The third kappa shape index (κ3) is 2.75. The zero-order chi connectivity index (χ0) is 16.6. The van der Waals surface area contributed by atoms with Crippen LogP contribution in [0.1, 0.15) is 30.7 Å². The van der Waals surface area contributed by atoms with Crippen molar-refractivity contribution in [3.63, 3.8) is 0 Å². The molecule has 2 aromatic carbocycles. The highest BCUT2D eigenvalue weighted by Gasteiger charge is 2.14. The molecule has 0 saturated carbocycles. The molecule has 23 heavy (non-hydrogen) atoms. The van der Waals surface area contributed by atoms with Crippen molar-refractivity contribution in [1.82, 2.24) is 4.57 Å². The van der Waals surface area contributed by atoms with E-state index in [9.17, 15) is 0 Å². The molecule has 0 aliphatic rings. The second kappa shape index (κ2) is 5.92. The summed E-state index contributed by atoms with van der Waals surface area (Å²) in [5.74, 6) is 0. The van der Waals surface area contributed by atoms with Crippen LogP contribution in [0.5, 0.6) is 0 Å². The Morgan fingerprint density at radius 3 is 2.35 bits per heavy atom. The van der Waals surface area contributed by atoms with E-state index in [1.54, 1.807) is 0 Å². The van der Waals surface area contributed by atoms with Crippen LogP contribution in [0.4, 0.5) is 0 Å². The van der Waals surface area contributed by atoms with Crippen LogP contribution in [0.15, 0.2) is 66.3 Å². The van der Waals surface area contributed by atoms with Gasteiger partial charge in [-0.25, -0.2) is 0 Å². The maximum atomic E-state index is 4.07. The van der Waals surface area contributed by atoms with Crippen molar-refractivity contribution in [3.8, 4) is 5.69 Å². The zero-order valence-corrected chi connectivity index (χ0v) is 14.4. The summed E-state index contributed by atoms with van der Waals surface area (Å²) in [5, 5.41) is 1.31. The summed E-state index contributed by atoms with van der Waals surface area (Å²) in [6.07, 6.45) is 2.25. The number of hydrogen-bond donors (Lipinski definition) is 0. The average molecular weight is 301 g/mol.